The molecule has 0 aliphatic heterocycles. The maximum atomic E-state index is 2.54. The minimum Gasteiger partial charge on any atom is -0.0688 e. The number of benzene rings is 1. The third kappa shape index (κ3) is 3.70. The van der Waals surface area contributed by atoms with Gasteiger partial charge in [-0.3, -0.25) is 0 Å². The molecule has 0 amide bonds. The van der Waals surface area contributed by atoms with E-state index in [1.807, 2.05) is 0 Å². The zero-order valence-electron chi connectivity index (χ0n) is 12.4. The van der Waals surface area contributed by atoms with Gasteiger partial charge in [-0.2, -0.15) is 0 Å². The average Bonchev–Trinajstić information content (AvgIpc) is 2.25. The lowest BCUT2D eigenvalue weighted by molar-refractivity contribution is 0.660. The summed E-state index contributed by atoms with van der Waals surface area (Å²) in [6, 6.07) is 10.9. The Morgan fingerprint density at radius 2 is 1.59 bits per heavy atom. The third-order valence-electron chi connectivity index (χ3n) is 4.87. The highest BCUT2D eigenvalue weighted by atomic mass is 28.3. The van der Waals surface area contributed by atoms with Gasteiger partial charge in [-0.15, -0.1) is 0 Å². The highest BCUT2D eigenvalue weighted by Crippen LogP contribution is 2.44. The summed E-state index contributed by atoms with van der Waals surface area (Å²) in [5.41, 5.74) is 2.36. The van der Waals surface area contributed by atoms with Crippen molar-refractivity contribution in [3.63, 3.8) is 0 Å². The third-order valence-corrected chi connectivity index (χ3v) is 11.5. The van der Waals surface area contributed by atoms with Gasteiger partial charge in [0.2, 0.25) is 0 Å². The molecule has 0 saturated carbocycles. The van der Waals surface area contributed by atoms with Gasteiger partial charge in [0, 0.05) is 0 Å². The second kappa shape index (κ2) is 5.39. The molecule has 0 fully saturated rings. The molecule has 0 bridgehead atoms. The Hall–Kier alpha value is -0.563. The van der Waals surface area contributed by atoms with Crippen LogP contribution in [0.15, 0.2) is 30.3 Å². The van der Waals surface area contributed by atoms with Gasteiger partial charge in [0.1, 0.15) is 0 Å². The fourth-order valence-electron chi connectivity index (χ4n) is 2.13. The Labute approximate surface area is 108 Å². The minimum atomic E-state index is -1.16. The summed E-state index contributed by atoms with van der Waals surface area (Å²) >= 11 is 0. The zero-order valence-corrected chi connectivity index (χ0v) is 13.4. The highest BCUT2D eigenvalue weighted by molar-refractivity contribution is 6.81. The van der Waals surface area contributed by atoms with Gasteiger partial charge < -0.3 is 0 Å². The van der Waals surface area contributed by atoms with Crippen LogP contribution in [-0.4, -0.2) is 8.07 Å². The molecule has 0 heterocycles. The molecule has 1 atom stereocenters. The Morgan fingerprint density at radius 3 is 2.06 bits per heavy atom. The monoisotopic (exact) mass is 248 g/mol. The molecule has 0 aliphatic rings. The molecule has 0 radical (unpaired) electrons. The quantitative estimate of drug-likeness (QED) is 0.616. The van der Waals surface area contributed by atoms with Crippen molar-refractivity contribution in [1.29, 1.82) is 0 Å². The standard InChI is InChI=1S/C16H28Si/c1-14(17(5,6)16(2,3)4)12-13-15-10-8-7-9-11-15/h7-11,14H,12-13H2,1-6H3. The molecule has 0 aromatic heterocycles. The second-order valence-corrected chi connectivity index (χ2v) is 12.8. The van der Waals surface area contributed by atoms with Crippen LogP contribution in [-0.2, 0) is 6.42 Å². The SMILES string of the molecule is CC(CCc1ccccc1)[Si](C)(C)C(C)(C)C. The lowest BCUT2D eigenvalue weighted by atomic mass is 10.1. The first-order chi connectivity index (χ1) is 7.75. The van der Waals surface area contributed by atoms with Gasteiger partial charge in [-0.25, -0.2) is 0 Å². The van der Waals surface area contributed by atoms with Crippen LogP contribution < -0.4 is 0 Å². The molecular formula is C16H28Si. The first-order valence-electron chi connectivity index (χ1n) is 6.79. The summed E-state index contributed by atoms with van der Waals surface area (Å²) in [5.74, 6) is 0. The smallest absolute Gasteiger partial charge is 0.0556 e. The van der Waals surface area contributed by atoms with Crippen molar-refractivity contribution >= 4 is 8.07 Å². The summed E-state index contributed by atoms with van der Waals surface area (Å²) in [6.07, 6.45) is 2.56. The van der Waals surface area contributed by atoms with E-state index in [4.69, 9.17) is 0 Å². The van der Waals surface area contributed by atoms with Gasteiger partial charge in [0.05, 0.1) is 8.07 Å². The number of rotatable bonds is 4. The number of hydrogen-bond donors (Lipinski definition) is 0. The van der Waals surface area contributed by atoms with Crippen LogP contribution in [0.2, 0.25) is 23.7 Å². The van der Waals surface area contributed by atoms with Gasteiger partial charge in [0.25, 0.3) is 0 Å². The largest absolute Gasteiger partial charge is 0.0688 e. The Morgan fingerprint density at radius 1 is 1.06 bits per heavy atom. The maximum Gasteiger partial charge on any atom is 0.0556 e. The Kier molecular flexibility index (Phi) is 4.59. The van der Waals surface area contributed by atoms with Crippen LogP contribution in [0, 0.1) is 0 Å². The molecule has 1 unspecified atom stereocenters. The second-order valence-electron chi connectivity index (χ2n) is 6.90. The van der Waals surface area contributed by atoms with Crippen molar-refractivity contribution in [3.8, 4) is 0 Å². The van der Waals surface area contributed by atoms with Crippen molar-refractivity contribution in [3.05, 3.63) is 35.9 Å². The molecule has 0 aliphatic carbocycles. The summed E-state index contributed by atoms with van der Waals surface area (Å²) in [5, 5.41) is 0.503. The highest BCUT2D eigenvalue weighted by Gasteiger charge is 2.39. The van der Waals surface area contributed by atoms with Gasteiger partial charge in [-0.05, 0) is 29.0 Å². The Bertz CT molecular complexity index is 332. The van der Waals surface area contributed by atoms with Crippen LogP contribution in [0.3, 0.4) is 0 Å². The lowest BCUT2D eigenvalue weighted by Gasteiger charge is -2.42. The van der Waals surface area contributed by atoms with Crippen LogP contribution >= 0.6 is 0 Å². The van der Waals surface area contributed by atoms with Crippen LogP contribution in [0.4, 0.5) is 0 Å². The minimum absolute atomic E-state index is 0.503. The topological polar surface area (TPSA) is 0 Å². The van der Waals surface area contributed by atoms with Crippen LogP contribution in [0.25, 0.3) is 0 Å². The van der Waals surface area contributed by atoms with E-state index in [-0.39, 0.29) is 0 Å². The average molecular weight is 248 g/mol. The van der Waals surface area contributed by atoms with E-state index in [0.717, 1.165) is 5.54 Å². The predicted molar refractivity (Wildman–Crippen MR) is 81.4 cm³/mol. The number of hydrogen-bond acceptors (Lipinski definition) is 0. The fraction of sp³-hybridized carbons (Fsp3) is 0.625. The molecule has 1 rings (SSSR count). The van der Waals surface area contributed by atoms with Crippen LogP contribution in [0.5, 0.6) is 0 Å². The summed E-state index contributed by atoms with van der Waals surface area (Å²) in [4.78, 5) is 0. The van der Waals surface area contributed by atoms with E-state index in [0.29, 0.717) is 5.04 Å². The van der Waals surface area contributed by atoms with Gasteiger partial charge >= 0.3 is 0 Å². The molecule has 17 heavy (non-hydrogen) atoms. The molecule has 0 N–H and O–H groups in total. The van der Waals surface area contributed by atoms with Gasteiger partial charge in [-0.1, -0.05) is 71.1 Å². The summed E-state index contributed by atoms with van der Waals surface area (Å²) in [6.45, 7) is 14.8. The van der Waals surface area contributed by atoms with Crippen molar-refractivity contribution in [2.75, 3.05) is 0 Å². The van der Waals surface area contributed by atoms with E-state index < -0.39 is 8.07 Å². The molecule has 0 saturated heterocycles. The molecular weight excluding hydrogens is 220 g/mol. The van der Waals surface area contributed by atoms with E-state index in [1.165, 1.54) is 18.4 Å². The van der Waals surface area contributed by atoms with E-state index >= 15 is 0 Å². The van der Waals surface area contributed by atoms with Crippen molar-refractivity contribution in [1.82, 2.24) is 0 Å². The molecule has 1 aromatic carbocycles. The molecule has 1 aromatic rings. The fourth-order valence-corrected chi connectivity index (χ4v) is 4.47. The first-order valence-corrected chi connectivity index (χ1v) is 9.87. The van der Waals surface area contributed by atoms with Crippen molar-refractivity contribution in [2.45, 2.75) is 64.2 Å². The summed E-state index contributed by atoms with van der Waals surface area (Å²) < 4.78 is 0. The molecule has 0 spiro atoms. The normalized spacial score (nSPS) is 14.7. The number of aryl methyl sites for hydroxylation is 1. The Balaban J connectivity index is 2.59. The van der Waals surface area contributed by atoms with Crippen LogP contribution in [0.1, 0.15) is 39.7 Å². The van der Waals surface area contributed by atoms with E-state index in [2.05, 4.69) is 71.1 Å². The molecule has 0 nitrogen and oxygen atoms in total. The molecule has 1 heteroatoms. The van der Waals surface area contributed by atoms with Gasteiger partial charge in [0.15, 0.2) is 0 Å². The molecule has 96 valence electrons. The van der Waals surface area contributed by atoms with E-state index in [9.17, 15) is 0 Å². The zero-order chi connectivity index (χ0) is 13.1. The summed E-state index contributed by atoms with van der Waals surface area (Å²) in [7, 11) is -1.16. The predicted octanol–water partition coefficient (Wildman–Crippen LogP) is 5.52. The first kappa shape index (κ1) is 14.5. The van der Waals surface area contributed by atoms with E-state index in [1.54, 1.807) is 0 Å². The maximum absolute atomic E-state index is 2.54. The van der Waals surface area contributed by atoms with Crippen molar-refractivity contribution in [2.24, 2.45) is 0 Å². The van der Waals surface area contributed by atoms with Crippen molar-refractivity contribution < 1.29 is 0 Å². The lowest BCUT2D eigenvalue weighted by Crippen LogP contribution is -2.41.